The summed E-state index contributed by atoms with van der Waals surface area (Å²) in [6.07, 6.45) is 0. The second-order valence-corrected chi connectivity index (χ2v) is 5.96. The Kier molecular flexibility index (Phi) is 3.64. The fourth-order valence-electron chi connectivity index (χ4n) is 1.72. The summed E-state index contributed by atoms with van der Waals surface area (Å²) in [6.45, 7) is 3.70. The molecule has 6 heteroatoms. The van der Waals surface area contributed by atoms with Gasteiger partial charge in [0, 0.05) is 11.8 Å². The van der Waals surface area contributed by atoms with Crippen molar-refractivity contribution in [1.82, 2.24) is 0 Å². The number of furan rings is 1. The summed E-state index contributed by atoms with van der Waals surface area (Å²) < 4.78 is 32.2. The number of rotatable bonds is 4. The van der Waals surface area contributed by atoms with Crippen LogP contribution in [0.2, 0.25) is 0 Å². The topological polar surface area (TPSA) is 85.3 Å². The van der Waals surface area contributed by atoms with Gasteiger partial charge in [0.15, 0.2) is 0 Å². The van der Waals surface area contributed by atoms with Gasteiger partial charge in [-0.2, -0.15) is 0 Å². The predicted octanol–water partition coefficient (Wildman–Crippen LogP) is 2.16. The van der Waals surface area contributed by atoms with Crippen molar-refractivity contribution in [1.29, 1.82) is 0 Å². The molecule has 0 unspecified atom stereocenters. The third-order valence-electron chi connectivity index (χ3n) is 2.72. The molecule has 2 aromatic rings. The van der Waals surface area contributed by atoms with E-state index in [9.17, 15) is 8.42 Å². The highest BCUT2D eigenvalue weighted by Crippen LogP contribution is 2.22. The quantitative estimate of drug-likeness (QED) is 0.898. The molecule has 2 rings (SSSR count). The highest BCUT2D eigenvalue weighted by atomic mass is 32.2. The first kappa shape index (κ1) is 13.6. The van der Waals surface area contributed by atoms with Crippen LogP contribution in [0.25, 0.3) is 0 Å². The van der Waals surface area contributed by atoms with Crippen LogP contribution in [-0.4, -0.2) is 8.42 Å². The monoisotopic (exact) mass is 280 g/mol. The fourth-order valence-corrected chi connectivity index (χ4v) is 2.99. The molecular formula is C13H16N2O3S. The Morgan fingerprint density at radius 1 is 1.21 bits per heavy atom. The lowest BCUT2D eigenvalue weighted by molar-refractivity contribution is 0.479. The van der Waals surface area contributed by atoms with Gasteiger partial charge in [-0.05, 0) is 26.0 Å². The van der Waals surface area contributed by atoms with Crippen LogP contribution in [-0.2, 0) is 16.6 Å². The maximum atomic E-state index is 12.2. The molecule has 0 atom stereocenters. The van der Waals surface area contributed by atoms with E-state index in [0.717, 1.165) is 5.56 Å². The molecule has 0 bridgehead atoms. The number of aryl methyl sites for hydroxylation is 2. The first-order valence-corrected chi connectivity index (χ1v) is 7.29. The molecule has 0 spiro atoms. The van der Waals surface area contributed by atoms with Gasteiger partial charge in [-0.1, -0.05) is 17.7 Å². The SMILES string of the molecule is Cc1ccc(NS(=O)(=O)c2cc(CN)oc2C)cc1. The van der Waals surface area contributed by atoms with E-state index in [-0.39, 0.29) is 11.4 Å². The molecule has 0 saturated carbocycles. The standard InChI is InChI=1S/C13H16N2O3S/c1-9-3-5-11(6-4-9)15-19(16,17)13-7-12(8-14)18-10(13)2/h3-7,15H,8,14H2,1-2H3. The van der Waals surface area contributed by atoms with Gasteiger partial charge in [-0.15, -0.1) is 0 Å². The number of benzene rings is 1. The van der Waals surface area contributed by atoms with Crippen molar-refractivity contribution in [2.24, 2.45) is 5.73 Å². The van der Waals surface area contributed by atoms with E-state index in [4.69, 9.17) is 10.2 Å². The third-order valence-corrected chi connectivity index (χ3v) is 4.21. The molecule has 102 valence electrons. The molecule has 1 heterocycles. The molecule has 1 aromatic heterocycles. The summed E-state index contributed by atoms with van der Waals surface area (Å²) in [7, 11) is -3.65. The van der Waals surface area contributed by atoms with Gasteiger partial charge >= 0.3 is 0 Å². The van der Waals surface area contributed by atoms with Crippen LogP contribution < -0.4 is 10.5 Å². The molecule has 0 fully saturated rings. The summed E-state index contributed by atoms with van der Waals surface area (Å²) >= 11 is 0. The van der Waals surface area contributed by atoms with Crippen molar-refractivity contribution >= 4 is 15.7 Å². The first-order valence-electron chi connectivity index (χ1n) is 5.81. The summed E-state index contributed by atoms with van der Waals surface area (Å²) in [6, 6.07) is 8.56. The van der Waals surface area contributed by atoms with Gasteiger partial charge in [-0.3, -0.25) is 4.72 Å². The minimum atomic E-state index is -3.65. The van der Waals surface area contributed by atoms with Crippen LogP contribution in [0.1, 0.15) is 17.1 Å². The summed E-state index contributed by atoms with van der Waals surface area (Å²) in [5.74, 6) is 0.779. The van der Waals surface area contributed by atoms with Crippen LogP contribution in [0, 0.1) is 13.8 Å². The number of nitrogens with two attached hydrogens (primary N) is 1. The van der Waals surface area contributed by atoms with Crippen molar-refractivity contribution in [3.05, 3.63) is 47.4 Å². The predicted molar refractivity (Wildman–Crippen MR) is 73.3 cm³/mol. The molecule has 0 aliphatic carbocycles. The van der Waals surface area contributed by atoms with E-state index in [2.05, 4.69) is 4.72 Å². The van der Waals surface area contributed by atoms with Crippen LogP contribution in [0.15, 0.2) is 39.6 Å². The molecule has 0 aliphatic rings. The Hall–Kier alpha value is -1.79. The number of nitrogens with one attached hydrogen (secondary N) is 1. The minimum absolute atomic E-state index is 0.119. The molecular weight excluding hydrogens is 264 g/mol. The molecule has 0 amide bonds. The molecule has 3 N–H and O–H groups in total. The molecule has 0 aliphatic heterocycles. The van der Waals surface area contributed by atoms with E-state index >= 15 is 0 Å². The lowest BCUT2D eigenvalue weighted by atomic mass is 10.2. The maximum absolute atomic E-state index is 12.2. The largest absolute Gasteiger partial charge is 0.464 e. The average Bonchev–Trinajstić information content (AvgIpc) is 2.74. The molecule has 1 aromatic carbocycles. The lowest BCUT2D eigenvalue weighted by Gasteiger charge is -2.07. The van der Waals surface area contributed by atoms with Gasteiger partial charge < -0.3 is 10.2 Å². The molecule has 5 nitrogen and oxygen atoms in total. The molecule has 19 heavy (non-hydrogen) atoms. The van der Waals surface area contributed by atoms with E-state index in [1.807, 2.05) is 19.1 Å². The van der Waals surface area contributed by atoms with Crippen LogP contribution in [0.5, 0.6) is 0 Å². The zero-order chi connectivity index (χ0) is 14.0. The zero-order valence-corrected chi connectivity index (χ0v) is 11.6. The Labute approximate surface area is 112 Å². The Morgan fingerprint density at radius 3 is 2.37 bits per heavy atom. The van der Waals surface area contributed by atoms with Crippen LogP contribution in [0.3, 0.4) is 0 Å². The van der Waals surface area contributed by atoms with Gasteiger partial charge in [-0.25, -0.2) is 8.42 Å². The maximum Gasteiger partial charge on any atom is 0.265 e. The van der Waals surface area contributed by atoms with Gasteiger partial charge in [0.1, 0.15) is 16.4 Å². The Bertz CT molecular complexity index is 672. The summed E-state index contributed by atoms with van der Waals surface area (Å²) in [5.41, 5.74) is 7.01. The normalized spacial score (nSPS) is 11.5. The highest BCUT2D eigenvalue weighted by Gasteiger charge is 2.21. The van der Waals surface area contributed by atoms with Crippen molar-refractivity contribution in [3.8, 4) is 0 Å². The lowest BCUT2D eigenvalue weighted by Crippen LogP contribution is -2.13. The van der Waals surface area contributed by atoms with Gasteiger partial charge in [0.2, 0.25) is 0 Å². The zero-order valence-electron chi connectivity index (χ0n) is 10.8. The second-order valence-electron chi connectivity index (χ2n) is 4.31. The van der Waals surface area contributed by atoms with E-state index in [0.29, 0.717) is 17.2 Å². The van der Waals surface area contributed by atoms with Crippen LogP contribution in [0.4, 0.5) is 5.69 Å². The van der Waals surface area contributed by atoms with Gasteiger partial charge in [0.05, 0.1) is 6.54 Å². The van der Waals surface area contributed by atoms with Gasteiger partial charge in [0.25, 0.3) is 10.0 Å². The van der Waals surface area contributed by atoms with E-state index in [1.165, 1.54) is 6.07 Å². The van der Waals surface area contributed by atoms with E-state index in [1.54, 1.807) is 19.1 Å². The number of hydrogen-bond donors (Lipinski definition) is 2. The minimum Gasteiger partial charge on any atom is -0.464 e. The Morgan fingerprint density at radius 2 is 1.84 bits per heavy atom. The van der Waals surface area contributed by atoms with E-state index < -0.39 is 10.0 Å². The summed E-state index contributed by atoms with van der Waals surface area (Å²) in [5, 5.41) is 0. The Balaban J connectivity index is 2.31. The molecule has 0 radical (unpaired) electrons. The first-order chi connectivity index (χ1) is 8.92. The summed E-state index contributed by atoms with van der Waals surface area (Å²) in [4.78, 5) is 0.119. The number of anilines is 1. The highest BCUT2D eigenvalue weighted by molar-refractivity contribution is 7.92. The third kappa shape index (κ3) is 2.97. The average molecular weight is 280 g/mol. The van der Waals surface area contributed by atoms with Crippen LogP contribution >= 0.6 is 0 Å². The molecule has 0 saturated heterocycles. The number of hydrogen-bond acceptors (Lipinski definition) is 4. The fraction of sp³-hybridized carbons (Fsp3) is 0.231. The van der Waals surface area contributed by atoms with Crippen molar-refractivity contribution < 1.29 is 12.8 Å². The van der Waals surface area contributed by atoms with Crippen molar-refractivity contribution in [2.75, 3.05) is 4.72 Å². The van der Waals surface area contributed by atoms with Crippen molar-refractivity contribution in [3.63, 3.8) is 0 Å². The smallest absolute Gasteiger partial charge is 0.265 e. The second kappa shape index (κ2) is 5.07. The van der Waals surface area contributed by atoms with Crippen molar-refractivity contribution in [2.45, 2.75) is 25.3 Å². The number of sulfonamides is 1.